The SMILES string of the molecule is Nc1ncnc2c1ncn2[C@H]1O[C@H](COP(=O)(O)NC(=O)[C@@H](N)CC(=O)O)[C@@H](O)[C@H]1O. The number of anilines is 1. The van der Waals surface area contributed by atoms with Crippen LogP contribution in [0.25, 0.3) is 11.2 Å². The van der Waals surface area contributed by atoms with Gasteiger partial charge >= 0.3 is 13.7 Å². The predicted molar refractivity (Wildman–Crippen MR) is 99.8 cm³/mol. The summed E-state index contributed by atoms with van der Waals surface area (Å²) in [5, 5.41) is 30.8. The first-order chi connectivity index (χ1) is 14.5. The number of nitrogen functional groups attached to an aromatic ring is 1. The van der Waals surface area contributed by atoms with Crippen molar-refractivity contribution in [1.82, 2.24) is 24.6 Å². The summed E-state index contributed by atoms with van der Waals surface area (Å²) in [6, 6.07) is -1.58. The van der Waals surface area contributed by atoms with E-state index in [0.717, 1.165) is 0 Å². The van der Waals surface area contributed by atoms with Gasteiger partial charge in [-0.05, 0) is 0 Å². The average Bonchev–Trinajstić information content (AvgIpc) is 3.22. The molecule has 31 heavy (non-hydrogen) atoms. The van der Waals surface area contributed by atoms with Crippen molar-refractivity contribution in [3.05, 3.63) is 12.7 Å². The molecule has 0 saturated carbocycles. The normalized spacial score (nSPS) is 26.5. The molecular formula is C14H20N7O9P. The van der Waals surface area contributed by atoms with Crippen molar-refractivity contribution in [3.8, 4) is 0 Å². The maximum absolute atomic E-state index is 12.0. The molecule has 0 aliphatic carbocycles. The van der Waals surface area contributed by atoms with Gasteiger partial charge in [0.15, 0.2) is 17.7 Å². The summed E-state index contributed by atoms with van der Waals surface area (Å²) in [6.45, 7) is -0.708. The van der Waals surface area contributed by atoms with Crippen molar-refractivity contribution < 1.29 is 43.6 Å². The van der Waals surface area contributed by atoms with Crippen molar-refractivity contribution in [2.75, 3.05) is 12.3 Å². The molecule has 0 spiro atoms. The van der Waals surface area contributed by atoms with E-state index in [4.69, 9.17) is 25.8 Å². The Labute approximate surface area is 173 Å². The Morgan fingerprint density at radius 3 is 2.71 bits per heavy atom. The molecule has 1 aliphatic rings. The average molecular weight is 461 g/mol. The highest BCUT2D eigenvalue weighted by atomic mass is 31.2. The molecule has 16 nitrogen and oxygen atoms in total. The second-order valence-electron chi connectivity index (χ2n) is 6.63. The van der Waals surface area contributed by atoms with Crippen LogP contribution >= 0.6 is 7.75 Å². The quantitative estimate of drug-likeness (QED) is 0.194. The van der Waals surface area contributed by atoms with Crippen LogP contribution in [0.15, 0.2) is 12.7 Å². The van der Waals surface area contributed by atoms with E-state index in [-0.39, 0.29) is 17.0 Å². The highest BCUT2D eigenvalue weighted by molar-refractivity contribution is 7.51. The number of ether oxygens (including phenoxy) is 1. The molecule has 1 unspecified atom stereocenters. The van der Waals surface area contributed by atoms with Crippen LogP contribution in [-0.4, -0.2) is 82.6 Å². The van der Waals surface area contributed by atoms with E-state index in [1.807, 2.05) is 0 Å². The molecule has 1 aliphatic heterocycles. The van der Waals surface area contributed by atoms with E-state index >= 15 is 0 Å². The summed E-state index contributed by atoms with van der Waals surface area (Å²) < 4.78 is 23.6. The van der Waals surface area contributed by atoms with Gasteiger partial charge in [-0.25, -0.2) is 19.5 Å². The molecule has 17 heteroatoms. The summed E-state index contributed by atoms with van der Waals surface area (Å²) >= 11 is 0. The molecule has 1 saturated heterocycles. The molecule has 0 bridgehead atoms. The van der Waals surface area contributed by atoms with E-state index in [0.29, 0.717) is 0 Å². The summed E-state index contributed by atoms with van der Waals surface area (Å²) in [4.78, 5) is 43.8. The first kappa shape index (κ1) is 23.0. The van der Waals surface area contributed by atoms with E-state index in [1.165, 1.54) is 17.2 Å². The third-order valence-electron chi connectivity index (χ3n) is 4.40. The Balaban J connectivity index is 1.65. The minimum Gasteiger partial charge on any atom is -0.481 e. The standard InChI is InChI=1S/C14H20N7O9P/c15-5(1-7(22)23)13(26)20-31(27,28)29-2-6-9(24)10(25)14(30-6)21-4-19-8-11(16)17-3-18-12(8)21/h3-6,9-10,14,24-25H,1-2,15H2,(H,22,23)(H2,16,17,18)(H2,20,26,27,28)/t5-,6+,9+,10+,14-/m0/s1. The Bertz CT molecular complexity index is 1030. The van der Waals surface area contributed by atoms with Crippen molar-refractivity contribution in [2.45, 2.75) is 37.0 Å². The number of aliphatic hydroxyl groups excluding tert-OH is 2. The van der Waals surface area contributed by atoms with Crippen molar-refractivity contribution in [1.29, 1.82) is 0 Å². The lowest BCUT2D eigenvalue weighted by Crippen LogP contribution is -2.41. The van der Waals surface area contributed by atoms with Crippen LogP contribution < -0.4 is 16.6 Å². The zero-order valence-electron chi connectivity index (χ0n) is 15.7. The number of aliphatic carboxylic acids is 1. The van der Waals surface area contributed by atoms with Gasteiger partial charge in [0.2, 0.25) is 5.91 Å². The number of hydrogen-bond acceptors (Lipinski definition) is 12. The number of nitrogens with zero attached hydrogens (tertiary/aromatic N) is 4. The number of aliphatic hydroxyl groups is 2. The number of nitrogens with one attached hydrogen (secondary N) is 1. The van der Waals surface area contributed by atoms with Gasteiger partial charge in [-0.1, -0.05) is 0 Å². The number of amides is 1. The fraction of sp³-hybridized carbons (Fsp3) is 0.500. The smallest absolute Gasteiger partial charge is 0.432 e. The van der Waals surface area contributed by atoms with Gasteiger partial charge in [-0.15, -0.1) is 0 Å². The van der Waals surface area contributed by atoms with Crippen molar-refractivity contribution >= 4 is 36.6 Å². The molecule has 0 radical (unpaired) electrons. The molecule has 170 valence electrons. The molecule has 3 heterocycles. The summed E-state index contributed by atoms with van der Waals surface area (Å²) in [6.07, 6.45) is -3.81. The fourth-order valence-corrected chi connectivity index (χ4v) is 3.72. The highest BCUT2D eigenvalue weighted by Gasteiger charge is 2.45. The van der Waals surface area contributed by atoms with Gasteiger partial charge in [0.05, 0.1) is 25.4 Å². The van der Waals surface area contributed by atoms with Crippen molar-refractivity contribution in [3.63, 3.8) is 0 Å². The van der Waals surface area contributed by atoms with E-state index in [9.17, 15) is 29.3 Å². The zero-order chi connectivity index (χ0) is 22.9. The Kier molecular flexibility index (Phi) is 6.51. The van der Waals surface area contributed by atoms with Crippen LogP contribution in [0.2, 0.25) is 0 Å². The number of rotatable bonds is 8. The topological polar surface area (TPSA) is 258 Å². The molecule has 2 aromatic heterocycles. The van der Waals surface area contributed by atoms with Gasteiger partial charge in [-0.2, -0.15) is 0 Å². The van der Waals surface area contributed by atoms with Gasteiger partial charge in [-0.3, -0.25) is 23.8 Å². The van der Waals surface area contributed by atoms with Gasteiger partial charge in [0.25, 0.3) is 0 Å². The van der Waals surface area contributed by atoms with Gasteiger partial charge in [0.1, 0.15) is 30.2 Å². The number of nitrogens with two attached hydrogens (primary N) is 2. The highest BCUT2D eigenvalue weighted by Crippen LogP contribution is 2.39. The Morgan fingerprint density at radius 1 is 1.32 bits per heavy atom. The first-order valence-electron chi connectivity index (χ1n) is 8.71. The number of imidazole rings is 1. The molecule has 9 N–H and O–H groups in total. The number of aromatic nitrogens is 4. The Morgan fingerprint density at radius 2 is 2.03 bits per heavy atom. The number of carboxylic acid groups (broad SMARTS) is 1. The van der Waals surface area contributed by atoms with Crippen LogP contribution in [0.3, 0.4) is 0 Å². The minimum absolute atomic E-state index is 0.0923. The third kappa shape index (κ3) is 4.96. The van der Waals surface area contributed by atoms with E-state index in [2.05, 4.69) is 15.0 Å². The number of carboxylic acids is 1. The van der Waals surface area contributed by atoms with Crippen LogP contribution in [0, 0.1) is 0 Å². The van der Waals surface area contributed by atoms with E-state index in [1.54, 1.807) is 5.09 Å². The lowest BCUT2D eigenvalue weighted by Gasteiger charge is -2.19. The molecule has 2 aromatic rings. The predicted octanol–water partition coefficient (Wildman–Crippen LogP) is -2.94. The molecule has 1 amide bonds. The van der Waals surface area contributed by atoms with Crippen LogP contribution in [0.4, 0.5) is 5.82 Å². The lowest BCUT2D eigenvalue weighted by atomic mass is 10.1. The largest absolute Gasteiger partial charge is 0.481 e. The lowest BCUT2D eigenvalue weighted by molar-refractivity contribution is -0.139. The number of carbonyl (C=O) groups excluding carboxylic acids is 1. The first-order valence-corrected chi connectivity index (χ1v) is 10.3. The number of fused-ring (bicyclic) bond motifs is 1. The maximum Gasteiger partial charge on any atom is 0.432 e. The number of hydrogen-bond donors (Lipinski definition) is 7. The summed E-state index contributed by atoms with van der Waals surface area (Å²) in [7, 11) is -4.77. The third-order valence-corrected chi connectivity index (χ3v) is 5.40. The molecular weight excluding hydrogens is 441 g/mol. The molecule has 6 atom stereocenters. The molecule has 1 fully saturated rings. The number of carbonyl (C=O) groups is 2. The second-order valence-corrected chi connectivity index (χ2v) is 8.15. The summed E-state index contributed by atoms with van der Waals surface area (Å²) in [5.74, 6) is -2.51. The summed E-state index contributed by atoms with van der Waals surface area (Å²) in [5.41, 5.74) is 11.5. The fourth-order valence-electron chi connectivity index (χ4n) is 2.86. The minimum atomic E-state index is -4.77. The molecule has 3 rings (SSSR count). The van der Waals surface area contributed by atoms with Crippen molar-refractivity contribution in [2.24, 2.45) is 5.73 Å². The van der Waals surface area contributed by atoms with Gasteiger partial charge in [0, 0.05) is 0 Å². The Hall–Kier alpha value is -2.72. The monoisotopic (exact) mass is 461 g/mol. The second kappa shape index (κ2) is 8.80. The van der Waals surface area contributed by atoms with Crippen LogP contribution in [-0.2, 0) is 23.4 Å². The molecule has 0 aromatic carbocycles. The van der Waals surface area contributed by atoms with Crippen LogP contribution in [0.1, 0.15) is 12.6 Å². The van der Waals surface area contributed by atoms with Crippen LogP contribution in [0.5, 0.6) is 0 Å². The maximum atomic E-state index is 12.0. The van der Waals surface area contributed by atoms with Gasteiger partial charge < -0.3 is 36.4 Å². The van der Waals surface area contributed by atoms with E-state index < -0.39 is 63.2 Å². The zero-order valence-corrected chi connectivity index (χ0v) is 16.6.